The SMILES string of the molecule is Cc1c(O)c(Br)cc(OCC2CO2)c1Br. The lowest BCUT2D eigenvalue weighted by molar-refractivity contribution is 0.261. The zero-order valence-corrected chi connectivity index (χ0v) is 11.3. The topological polar surface area (TPSA) is 42.0 Å². The number of rotatable bonds is 3. The number of ether oxygens (including phenoxy) is 2. The van der Waals surface area contributed by atoms with Crippen molar-refractivity contribution in [1.82, 2.24) is 0 Å². The van der Waals surface area contributed by atoms with Crippen molar-refractivity contribution in [3.63, 3.8) is 0 Å². The molecule has 0 bridgehead atoms. The van der Waals surface area contributed by atoms with Crippen molar-refractivity contribution < 1.29 is 14.6 Å². The normalized spacial score (nSPS) is 19.0. The van der Waals surface area contributed by atoms with Crippen LogP contribution in [0.2, 0.25) is 0 Å². The summed E-state index contributed by atoms with van der Waals surface area (Å²) in [6.07, 6.45) is 0.227. The van der Waals surface area contributed by atoms with Crippen LogP contribution in [-0.2, 0) is 4.74 Å². The number of phenols is 1. The molecule has 5 heteroatoms. The summed E-state index contributed by atoms with van der Waals surface area (Å²) in [5, 5.41) is 9.64. The average Bonchev–Trinajstić information content (AvgIpc) is 3.02. The van der Waals surface area contributed by atoms with Crippen molar-refractivity contribution in [3.05, 3.63) is 20.6 Å². The van der Waals surface area contributed by atoms with Crippen molar-refractivity contribution >= 4 is 31.9 Å². The van der Waals surface area contributed by atoms with E-state index in [-0.39, 0.29) is 11.9 Å². The van der Waals surface area contributed by atoms with E-state index in [4.69, 9.17) is 9.47 Å². The van der Waals surface area contributed by atoms with Crippen molar-refractivity contribution in [1.29, 1.82) is 0 Å². The highest BCUT2D eigenvalue weighted by Gasteiger charge is 2.24. The third-order valence-electron chi connectivity index (χ3n) is 2.21. The van der Waals surface area contributed by atoms with Crippen molar-refractivity contribution in [2.24, 2.45) is 0 Å². The van der Waals surface area contributed by atoms with Gasteiger partial charge in [-0.1, -0.05) is 0 Å². The van der Waals surface area contributed by atoms with E-state index in [1.807, 2.05) is 6.92 Å². The van der Waals surface area contributed by atoms with Crippen LogP contribution in [0.5, 0.6) is 11.5 Å². The number of aromatic hydroxyl groups is 1. The Hall–Kier alpha value is -0.260. The second-order valence-corrected chi connectivity index (χ2v) is 5.06. The molecule has 0 spiro atoms. The van der Waals surface area contributed by atoms with Crippen molar-refractivity contribution in [2.45, 2.75) is 13.0 Å². The molecule has 1 atom stereocenters. The first-order valence-electron chi connectivity index (χ1n) is 4.51. The van der Waals surface area contributed by atoms with Gasteiger partial charge in [-0.3, -0.25) is 0 Å². The molecule has 1 unspecified atom stereocenters. The molecule has 0 aromatic heterocycles. The summed E-state index contributed by atoms with van der Waals surface area (Å²) in [7, 11) is 0. The zero-order chi connectivity index (χ0) is 11.0. The summed E-state index contributed by atoms with van der Waals surface area (Å²) in [4.78, 5) is 0. The van der Waals surface area contributed by atoms with E-state index in [1.165, 1.54) is 0 Å². The molecule has 1 N–H and O–H groups in total. The number of epoxide rings is 1. The van der Waals surface area contributed by atoms with E-state index >= 15 is 0 Å². The van der Waals surface area contributed by atoms with Gasteiger partial charge in [-0.15, -0.1) is 0 Å². The fourth-order valence-electron chi connectivity index (χ4n) is 1.17. The standard InChI is InChI=1S/C10H10Br2O3/c1-5-9(12)8(2-7(11)10(5)13)15-4-6-3-14-6/h2,6,13H,3-4H2,1H3. The molecule has 15 heavy (non-hydrogen) atoms. The van der Waals surface area contributed by atoms with Gasteiger partial charge in [0.1, 0.15) is 24.2 Å². The van der Waals surface area contributed by atoms with Gasteiger partial charge >= 0.3 is 0 Å². The van der Waals surface area contributed by atoms with Gasteiger partial charge in [-0.25, -0.2) is 0 Å². The molecule has 1 aromatic rings. The molecule has 1 saturated heterocycles. The van der Waals surface area contributed by atoms with Gasteiger partial charge in [-0.2, -0.15) is 0 Å². The average molecular weight is 338 g/mol. The summed E-state index contributed by atoms with van der Waals surface area (Å²) < 4.78 is 12.0. The van der Waals surface area contributed by atoms with Crippen LogP contribution < -0.4 is 4.74 Å². The molecule has 1 fully saturated rings. The Morgan fingerprint density at radius 1 is 1.60 bits per heavy atom. The fourth-order valence-corrected chi connectivity index (χ4v) is 2.09. The molecule has 1 aliphatic heterocycles. The number of phenolic OH excluding ortho intramolecular Hbond substituents is 1. The summed E-state index contributed by atoms with van der Waals surface area (Å²) in [6.45, 7) is 3.15. The first kappa shape index (κ1) is 11.2. The first-order chi connectivity index (χ1) is 7.09. The maximum atomic E-state index is 9.64. The van der Waals surface area contributed by atoms with Crippen LogP contribution in [0.25, 0.3) is 0 Å². The molecule has 0 aliphatic carbocycles. The smallest absolute Gasteiger partial charge is 0.135 e. The third kappa shape index (κ3) is 2.46. The maximum Gasteiger partial charge on any atom is 0.135 e. The molecule has 0 radical (unpaired) electrons. The number of halogens is 2. The highest BCUT2D eigenvalue weighted by atomic mass is 79.9. The summed E-state index contributed by atoms with van der Waals surface area (Å²) >= 11 is 6.66. The molecule has 82 valence electrons. The van der Waals surface area contributed by atoms with Crippen LogP contribution in [-0.4, -0.2) is 24.4 Å². The summed E-state index contributed by atoms with van der Waals surface area (Å²) in [5.74, 6) is 0.949. The van der Waals surface area contributed by atoms with Crippen LogP contribution in [0.1, 0.15) is 5.56 Å². The van der Waals surface area contributed by atoms with E-state index in [9.17, 15) is 5.11 Å². The Bertz CT molecular complexity index is 389. The highest BCUT2D eigenvalue weighted by Crippen LogP contribution is 2.39. The lowest BCUT2D eigenvalue weighted by Crippen LogP contribution is -2.04. The number of benzene rings is 1. The fraction of sp³-hybridized carbons (Fsp3) is 0.400. The second kappa shape index (κ2) is 4.31. The van der Waals surface area contributed by atoms with E-state index in [0.717, 1.165) is 16.6 Å². The minimum Gasteiger partial charge on any atom is -0.506 e. The lowest BCUT2D eigenvalue weighted by Gasteiger charge is -2.11. The maximum absolute atomic E-state index is 9.64. The number of hydrogen-bond donors (Lipinski definition) is 1. The van der Waals surface area contributed by atoms with Crippen molar-refractivity contribution in [3.8, 4) is 11.5 Å². The predicted octanol–water partition coefficient (Wildman–Crippen LogP) is 3.00. The minimum atomic E-state index is 0.227. The Morgan fingerprint density at radius 2 is 2.27 bits per heavy atom. The molecule has 0 saturated carbocycles. The highest BCUT2D eigenvalue weighted by molar-refractivity contribution is 9.11. The number of hydrogen-bond acceptors (Lipinski definition) is 3. The second-order valence-electron chi connectivity index (χ2n) is 3.41. The predicted molar refractivity (Wildman–Crippen MR) is 63.5 cm³/mol. The molecule has 2 rings (SSSR count). The quantitative estimate of drug-likeness (QED) is 0.862. The largest absolute Gasteiger partial charge is 0.506 e. The van der Waals surface area contributed by atoms with Gasteiger partial charge in [0.15, 0.2) is 0 Å². The van der Waals surface area contributed by atoms with Gasteiger partial charge in [-0.05, 0) is 44.8 Å². The van der Waals surface area contributed by atoms with Gasteiger partial charge in [0.25, 0.3) is 0 Å². The van der Waals surface area contributed by atoms with Gasteiger partial charge in [0.05, 0.1) is 15.6 Å². The Kier molecular flexibility index (Phi) is 3.23. The molecule has 1 aliphatic rings. The van der Waals surface area contributed by atoms with Gasteiger partial charge in [0.2, 0.25) is 0 Å². The molecule has 1 aromatic carbocycles. The van der Waals surface area contributed by atoms with Gasteiger partial charge in [0, 0.05) is 5.56 Å². The van der Waals surface area contributed by atoms with Crippen molar-refractivity contribution in [2.75, 3.05) is 13.2 Å². The van der Waals surface area contributed by atoms with E-state index in [1.54, 1.807) is 6.07 Å². The monoisotopic (exact) mass is 336 g/mol. The zero-order valence-electron chi connectivity index (χ0n) is 8.09. The van der Waals surface area contributed by atoms with Crippen LogP contribution >= 0.6 is 31.9 Å². The van der Waals surface area contributed by atoms with Crippen LogP contribution in [0, 0.1) is 6.92 Å². The lowest BCUT2D eigenvalue weighted by atomic mass is 10.2. The molecule has 0 amide bonds. The Morgan fingerprint density at radius 3 is 2.87 bits per heavy atom. The van der Waals surface area contributed by atoms with Gasteiger partial charge < -0.3 is 14.6 Å². The molecule has 3 nitrogen and oxygen atoms in total. The van der Waals surface area contributed by atoms with E-state index in [2.05, 4.69) is 31.9 Å². The molecular formula is C10H10Br2O3. The van der Waals surface area contributed by atoms with E-state index in [0.29, 0.717) is 16.8 Å². The van der Waals surface area contributed by atoms with E-state index < -0.39 is 0 Å². The Labute approximate surface area is 105 Å². The van der Waals surface area contributed by atoms with Crippen LogP contribution in [0.4, 0.5) is 0 Å². The summed E-state index contributed by atoms with van der Waals surface area (Å²) in [6, 6.07) is 1.74. The summed E-state index contributed by atoms with van der Waals surface area (Å²) in [5.41, 5.74) is 0.760. The third-order valence-corrected chi connectivity index (χ3v) is 3.80. The first-order valence-corrected chi connectivity index (χ1v) is 6.10. The molecule has 1 heterocycles. The molecular weight excluding hydrogens is 328 g/mol. The minimum absolute atomic E-state index is 0.227. The van der Waals surface area contributed by atoms with Crippen LogP contribution in [0.15, 0.2) is 15.0 Å². The Balaban J connectivity index is 2.21. The van der Waals surface area contributed by atoms with Crippen LogP contribution in [0.3, 0.4) is 0 Å².